The Labute approximate surface area is 183 Å². The smallest absolute Gasteiger partial charge is 0.257 e. The number of rotatable bonds is 2. The number of likely N-dealkylation sites (tertiary alicyclic amines) is 1. The maximum absolute atomic E-state index is 13.4. The summed E-state index contributed by atoms with van der Waals surface area (Å²) in [5.41, 5.74) is 13.1. The molecule has 160 valence electrons. The summed E-state index contributed by atoms with van der Waals surface area (Å²) in [5, 5.41) is 1.29. The first-order valence-corrected chi connectivity index (χ1v) is 11.0. The number of ketones is 1. The van der Waals surface area contributed by atoms with Gasteiger partial charge in [-0.15, -0.1) is 11.3 Å². The van der Waals surface area contributed by atoms with Crippen LogP contribution in [0.25, 0.3) is 10.1 Å². The van der Waals surface area contributed by atoms with Gasteiger partial charge in [-0.1, -0.05) is 12.1 Å². The minimum Gasteiger partial charge on any atom is -0.495 e. The molecule has 0 radical (unpaired) electrons. The third-order valence-electron chi connectivity index (χ3n) is 6.22. The molecule has 0 unspecified atom stereocenters. The number of amides is 1. The number of piperidine rings is 1. The molecule has 31 heavy (non-hydrogen) atoms. The molecule has 1 saturated heterocycles. The molecule has 1 aromatic heterocycles. The molecule has 1 spiro atoms. The summed E-state index contributed by atoms with van der Waals surface area (Å²) in [6.07, 6.45) is 1.46. The van der Waals surface area contributed by atoms with Crippen molar-refractivity contribution >= 4 is 43.8 Å². The second-order valence-corrected chi connectivity index (χ2v) is 9.16. The highest BCUT2D eigenvalue weighted by molar-refractivity contribution is 7.23. The predicted octanol–water partition coefficient (Wildman–Crippen LogP) is 3.71. The van der Waals surface area contributed by atoms with Crippen molar-refractivity contribution in [2.75, 3.05) is 31.7 Å². The number of Topliss-reactive ketones (excluding diaryl/α,β-unsaturated/α-hetero) is 1. The Kier molecular flexibility index (Phi) is 4.55. The summed E-state index contributed by atoms with van der Waals surface area (Å²) >= 11 is 1.36. The number of anilines is 2. The first-order valence-electron chi connectivity index (χ1n) is 10.2. The van der Waals surface area contributed by atoms with Gasteiger partial charge in [0.25, 0.3) is 5.91 Å². The Morgan fingerprint density at radius 2 is 1.97 bits per heavy atom. The Morgan fingerprint density at radius 1 is 1.19 bits per heavy atom. The molecule has 7 nitrogen and oxygen atoms in total. The van der Waals surface area contributed by atoms with Crippen LogP contribution in [-0.2, 0) is 0 Å². The first kappa shape index (κ1) is 19.7. The van der Waals surface area contributed by atoms with E-state index in [0.29, 0.717) is 65.7 Å². The SMILES string of the molecule is COc1cccc2c(C(=O)N3CCC4(CC3)CC(=O)c3cc(N)ccc3O4)c(N)sc12. The van der Waals surface area contributed by atoms with Crippen LogP contribution in [-0.4, -0.2) is 42.4 Å². The monoisotopic (exact) mass is 437 g/mol. The van der Waals surface area contributed by atoms with Crippen LogP contribution in [0.5, 0.6) is 11.5 Å². The van der Waals surface area contributed by atoms with Crippen molar-refractivity contribution in [3.8, 4) is 11.5 Å². The van der Waals surface area contributed by atoms with Crippen LogP contribution in [0.4, 0.5) is 10.7 Å². The van der Waals surface area contributed by atoms with Gasteiger partial charge in [-0.25, -0.2) is 0 Å². The van der Waals surface area contributed by atoms with Gasteiger partial charge < -0.3 is 25.8 Å². The lowest BCUT2D eigenvalue weighted by atomic mass is 9.82. The molecule has 1 fully saturated rings. The van der Waals surface area contributed by atoms with Crippen molar-refractivity contribution < 1.29 is 19.1 Å². The number of nitrogen functional groups attached to an aromatic ring is 2. The van der Waals surface area contributed by atoms with Gasteiger partial charge in [0.15, 0.2) is 5.78 Å². The Balaban J connectivity index is 1.37. The fraction of sp³-hybridized carbons (Fsp3) is 0.304. The van der Waals surface area contributed by atoms with Crippen molar-refractivity contribution in [3.05, 3.63) is 47.5 Å². The highest BCUT2D eigenvalue weighted by Crippen LogP contribution is 2.42. The quantitative estimate of drug-likeness (QED) is 0.592. The molecule has 3 heterocycles. The Hall–Kier alpha value is -3.26. The lowest BCUT2D eigenvalue weighted by Crippen LogP contribution is -2.52. The topological polar surface area (TPSA) is 108 Å². The molecule has 8 heteroatoms. The van der Waals surface area contributed by atoms with E-state index in [1.54, 1.807) is 30.2 Å². The average molecular weight is 438 g/mol. The molecule has 5 rings (SSSR count). The lowest BCUT2D eigenvalue weighted by Gasteiger charge is -2.44. The number of nitrogens with zero attached hydrogens (tertiary/aromatic N) is 1. The van der Waals surface area contributed by atoms with Gasteiger partial charge in [0, 0.05) is 37.0 Å². The van der Waals surface area contributed by atoms with Crippen LogP contribution in [0.2, 0.25) is 0 Å². The summed E-state index contributed by atoms with van der Waals surface area (Å²) in [4.78, 5) is 27.9. The summed E-state index contributed by atoms with van der Waals surface area (Å²) in [7, 11) is 1.61. The van der Waals surface area contributed by atoms with Gasteiger partial charge in [-0.05, 0) is 24.3 Å². The third-order valence-corrected chi connectivity index (χ3v) is 7.26. The van der Waals surface area contributed by atoms with Crippen LogP contribution in [0.15, 0.2) is 36.4 Å². The van der Waals surface area contributed by atoms with Crippen LogP contribution in [0, 0.1) is 0 Å². The molecule has 0 bridgehead atoms. The van der Waals surface area contributed by atoms with E-state index >= 15 is 0 Å². The van der Waals surface area contributed by atoms with E-state index in [-0.39, 0.29) is 11.7 Å². The third kappa shape index (κ3) is 3.18. The number of methoxy groups -OCH3 is 1. The second kappa shape index (κ2) is 7.16. The number of carbonyl (C=O) groups excluding carboxylic acids is 2. The summed E-state index contributed by atoms with van der Waals surface area (Å²) < 4.78 is 12.6. The number of hydrogen-bond acceptors (Lipinski definition) is 7. The van der Waals surface area contributed by atoms with Gasteiger partial charge >= 0.3 is 0 Å². The number of fused-ring (bicyclic) bond motifs is 2. The van der Waals surface area contributed by atoms with Gasteiger partial charge in [-0.2, -0.15) is 0 Å². The molecule has 0 aliphatic carbocycles. The molecule has 2 aromatic carbocycles. The van der Waals surface area contributed by atoms with Gasteiger partial charge in [0.05, 0.1) is 34.4 Å². The lowest BCUT2D eigenvalue weighted by molar-refractivity contribution is -0.00560. The minimum atomic E-state index is -0.581. The first-order chi connectivity index (χ1) is 14.9. The zero-order valence-electron chi connectivity index (χ0n) is 17.1. The molecule has 2 aliphatic rings. The van der Waals surface area contributed by atoms with Crippen LogP contribution in [0.1, 0.15) is 40.0 Å². The number of carbonyl (C=O) groups is 2. The van der Waals surface area contributed by atoms with Crippen molar-refractivity contribution in [1.82, 2.24) is 4.90 Å². The van der Waals surface area contributed by atoms with Crippen molar-refractivity contribution in [2.45, 2.75) is 24.9 Å². The van der Waals surface area contributed by atoms with E-state index in [2.05, 4.69) is 0 Å². The second-order valence-electron chi connectivity index (χ2n) is 8.11. The zero-order valence-corrected chi connectivity index (χ0v) is 18.0. The molecule has 2 aliphatic heterocycles. The van der Waals surface area contributed by atoms with Gasteiger partial charge in [-0.3, -0.25) is 9.59 Å². The molecule has 0 atom stereocenters. The molecule has 4 N–H and O–H groups in total. The van der Waals surface area contributed by atoms with E-state index in [1.165, 1.54) is 11.3 Å². The summed E-state index contributed by atoms with van der Waals surface area (Å²) in [5.74, 6) is 1.22. The largest absolute Gasteiger partial charge is 0.495 e. The number of ether oxygens (including phenoxy) is 2. The fourth-order valence-corrected chi connectivity index (χ4v) is 5.61. The van der Waals surface area contributed by atoms with Crippen LogP contribution >= 0.6 is 11.3 Å². The number of hydrogen-bond donors (Lipinski definition) is 2. The van der Waals surface area contributed by atoms with Gasteiger partial charge in [0.2, 0.25) is 0 Å². The number of nitrogens with two attached hydrogens (primary N) is 2. The zero-order chi connectivity index (χ0) is 21.8. The highest BCUT2D eigenvalue weighted by Gasteiger charge is 2.44. The normalized spacial score (nSPS) is 17.5. The Morgan fingerprint density at radius 3 is 2.71 bits per heavy atom. The van der Waals surface area contributed by atoms with Crippen LogP contribution < -0.4 is 20.9 Å². The Bertz CT molecular complexity index is 1210. The van der Waals surface area contributed by atoms with Gasteiger partial charge in [0.1, 0.15) is 17.1 Å². The predicted molar refractivity (Wildman–Crippen MR) is 121 cm³/mol. The molecule has 3 aromatic rings. The van der Waals surface area contributed by atoms with E-state index < -0.39 is 5.60 Å². The van der Waals surface area contributed by atoms with E-state index in [0.717, 1.165) is 10.1 Å². The molecular weight excluding hydrogens is 414 g/mol. The molecular formula is C23H23N3O4S. The van der Waals surface area contributed by atoms with Crippen molar-refractivity contribution in [1.29, 1.82) is 0 Å². The van der Waals surface area contributed by atoms with E-state index in [9.17, 15) is 9.59 Å². The van der Waals surface area contributed by atoms with E-state index in [1.807, 2.05) is 18.2 Å². The standard InChI is InChI=1S/C23H23N3O4S/c1-29-18-4-2-3-14-19(21(25)31-20(14)18)22(28)26-9-7-23(8-10-26)12-16(27)15-11-13(24)5-6-17(15)30-23/h2-6,11H,7-10,12,24-25H2,1H3. The maximum atomic E-state index is 13.4. The van der Waals surface area contributed by atoms with Crippen molar-refractivity contribution in [2.24, 2.45) is 0 Å². The van der Waals surface area contributed by atoms with Crippen LogP contribution in [0.3, 0.4) is 0 Å². The maximum Gasteiger partial charge on any atom is 0.257 e. The number of thiophene rings is 1. The summed E-state index contributed by atoms with van der Waals surface area (Å²) in [6, 6.07) is 10.8. The number of benzene rings is 2. The van der Waals surface area contributed by atoms with E-state index in [4.69, 9.17) is 20.9 Å². The molecule has 0 saturated carbocycles. The molecule has 1 amide bonds. The fourth-order valence-electron chi connectivity index (χ4n) is 4.56. The minimum absolute atomic E-state index is 0.0356. The average Bonchev–Trinajstić information content (AvgIpc) is 3.10. The highest BCUT2D eigenvalue weighted by atomic mass is 32.1. The van der Waals surface area contributed by atoms with Crippen molar-refractivity contribution in [3.63, 3.8) is 0 Å². The summed E-state index contributed by atoms with van der Waals surface area (Å²) in [6.45, 7) is 0.994.